The Kier molecular flexibility index (Phi) is 2.70. The Labute approximate surface area is 97.4 Å². The van der Waals surface area contributed by atoms with Crippen molar-refractivity contribution in [3.8, 4) is 0 Å². The van der Waals surface area contributed by atoms with Crippen molar-refractivity contribution in [3.05, 3.63) is 35.4 Å². The molecule has 1 aromatic carbocycles. The van der Waals surface area contributed by atoms with Crippen molar-refractivity contribution < 1.29 is 0 Å². The van der Waals surface area contributed by atoms with Crippen LogP contribution < -0.4 is 5.73 Å². The van der Waals surface area contributed by atoms with Crippen molar-refractivity contribution in [2.24, 2.45) is 5.73 Å². The van der Waals surface area contributed by atoms with Gasteiger partial charge in [-0.15, -0.1) is 0 Å². The van der Waals surface area contributed by atoms with Gasteiger partial charge in [0, 0.05) is 18.5 Å². The van der Waals surface area contributed by atoms with Crippen LogP contribution in [0, 0.1) is 0 Å². The highest BCUT2D eigenvalue weighted by atomic mass is 15.1. The van der Waals surface area contributed by atoms with Crippen LogP contribution in [0.3, 0.4) is 0 Å². The first-order valence-electron chi connectivity index (χ1n) is 6.38. The molecule has 86 valence electrons. The van der Waals surface area contributed by atoms with E-state index in [-0.39, 0.29) is 0 Å². The van der Waals surface area contributed by atoms with Gasteiger partial charge in [-0.05, 0) is 43.5 Å². The summed E-state index contributed by atoms with van der Waals surface area (Å²) in [6, 6.07) is 9.31. The fourth-order valence-corrected chi connectivity index (χ4v) is 2.97. The van der Waals surface area contributed by atoms with E-state index in [1.54, 1.807) is 11.1 Å². The van der Waals surface area contributed by atoms with Gasteiger partial charge in [0.1, 0.15) is 0 Å². The molecule has 2 N–H and O–H groups in total. The summed E-state index contributed by atoms with van der Waals surface area (Å²) < 4.78 is 0. The molecule has 2 aliphatic rings. The lowest BCUT2D eigenvalue weighted by Gasteiger charge is -2.37. The Morgan fingerprint density at radius 1 is 1.19 bits per heavy atom. The number of likely N-dealkylation sites (tertiary alicyclic amines) is 1. The van der Waals surface area contributed by atoms with E-state index in [1.165, 1.54) is 38.9 Å². The minimum atomic E-state index is 0.449. The summed E-state index contributed by atoms with van der Waals surface area (Å²) in [6.45, 7) is 3.63. The van der Waals surface area contributed by atoms with Gasteiger partial charge in [0.05, 0.1) is 0 Å². The maximum absolute atomic E-state index is 5.92. The molecule has 1 atom stereocenters. The topological polar surface area (TPSA) is 29.3 Å². The monoisotopic (exact) mass is 216 g/mol. The molecule has 2 heteroatoms. The zero-order chi connectivity index (χ0) is 11.0. The molecule has 1 fully saturated rings. The Balaban J connectivity index is 1.58. The summed E-state index contributed by atoms with van der Waals surface area (Å²) in [7, 11) is 0. The summed E-state index contributed by atoms with van der Waals surface area (Å²) in [6.07, 6.45) is 3.63. The van der Waals surface area contributed by atoms with Crippen molar-refractivity contribution in [2.45, 2.75) is 31.2 Å². The first-order chi connectivity index (χ1) is 7.83. The molecule has 1 heterocycles. The van der Waals surface area contributed by atoms with Crippen molar-refractivity contribution in [1.29, 1.82) is 0 Å². The van der Waals surface area contributed by atoms with Crippen LogP contribution in [-0.2, 0) is 6.42 Å². The second-order valence-corrected chi connectivity index (χ2v) is 5.24. The average Bonchev–Trinajstić information content (AvgIpc) is 2.28. The van der Waals surface area contributed by atoms with Crippen molar-refractivity contribution in [2.75, 3.05) is 19.6 Å². The van der Waals surface area contributed by atoms with Crippen molar-refractivity contribution >= 4 is 0 Å². The summed E-state index contributed by atoms with van der Waals surface area (Å²) in [5.41, 5.74) is 9.06. The fourth-order valence-electron chi connectivity index (χ4n) is 2.97. The van der Waals surface area contributed by atoms with Gasteiger partial charge >= 0.3 is 0 Å². The maximum atomic E-state index is 5.92. The quantitative estimate of drug-likeness (QED) is 0.816. The molecule has 1 unspecified atom stereocenters. The van der Waals surface area contributed by atoms with E-state index in [2.05, 4.69) is 29.2 Å². The van der Waals surface area contributed by atoms with E-state index in [0.717, 1.165) is 5.92 Å². The number of rotatable bonds is 2. The third kappa shape index (κ3) is 1.87. The molecule has 0 saturated carbocycles. The first-order valence-corrected chi connectivity index (χ1v) is 6.38. The van der Waals surface area contributed by atoms with Crippen molar-refractivity contribution in [3.63, 3.8) is 0 Å². The smallest absolute Gasteiger partial charge is 0.00631 e. The Morgan fingerprint density at radius 3 is 2.69 bits per heavy atom. The molecular weight excluding hydrogens is 196 g/mol. The van der Waals surface area contributed by atoms with Crippen LogP contribution in [0.1, 0.15) is 29.9 Å². The van der Waals surface area contributed by atoms with Crippen molar-refractivity contribution in [1.82, 2.24) is 4.90 Å². The Morgan fingerprint density at radius 2 is 1.94 bits per heavy atom. The van der Waals surface area contributed by atoms with Crippen LogP contribution in [-0.4, -0.2) is 30.6 Å². The summed E-state index contributed by atoms with van der Waals surface area (Å²) in [5.74, 6) is 0.783. The predicted molar refractivity (Wildman–Crippen MR) is 66.5 cm³/mol. The molecule has 0 amide bonds. The zero-order valence-electron chi connectivity index (χ0n) is 9.73. The lowest BCUT2D eigenvalue weighted by molar-refractivity contribution is 0.196. The van der Waals surface area contributed by atoms with Gasteiger partial charge in [-0.2, -0.15) is 0 Å². The molecule has 2 nitrogen and oxygen atoms in total. The van der Waals surface area contributed by atoms with Crippen LogP contribution >= 0.6 is 0 Å². The largest absolute Gasteiger partial charge is 0.328 e. The van der Waals surface area contributed by atoms with Gasteiger partial charge in [-0.25, -0.2) is 0 Å². The van der Waals surface area contributed by atoms with E-state index in [9.17, 15) is 0 Å². The fraction of sp³-hybridized carbons (Fsp3) is 0.571. The zero-order valence-corrected chi connectivity index (χ0v) is 9.73. The van der Waals surface area contributed by atoms with Crippen LogP contribution in [0.25, 0.3) is 0 Å². The lowest BCUT2D eigenvalue weighted by Crippen LogP contribution is -2.42. The number of piperidine rings is 1. The van der Waals surface area contributed by atoms with Crippen LogP contribution in [0.5, 0.6) is 0 Å². The molecule has 0 spiro atoms. The van der Waals surface area contributed by atoms with Gasteiger partial charge in [-0.3, -0.25) is 0 Å². The van der Waals surface area contributed by atoms with E-state index >= 15 is 0 Å². The minimum Gasteiger partial charge on any atom is -0.328 e. The summed E-state index contributed by atoms with van der Waals surface area (Å²) >= 11 is 0. The maximum Gasteiger partial charge on any atom is 0.00631 e. The van der Waals surface area contributed by atoms with E-state index in [0.29, 0.717) is 6.04 Å². The molecule has 0 aromatic heterocycles. The molecule has 1 aliphatic heterocycles. The molecule has 1 aromatic rings. The summed E-state index contributed by atoms with van der Waals surface area (Å²) in [5, 5.41) is 0. The van der Waals surface area contributed by atoms with Crippen LogP contribution in [0.15, 0.2) is 24.3 Å². The highest BCUT2D eigenvalue weighted by Crippen LogP contribution is 2.35. The minimum absolute atomic E-state index is 0.449. The highest BCUT2D eigenvalue weighted by Gasteiger charge is 2.28. The third-order valence-corrected chi connectivity index (χ3v) is 4.07. The molecule has 1 aliphatic carbocycles. The van der Waals surface area contributed by atoms with E-state index in [4.69, 9.17) is 5.73 Å². The normalized spacial score (nSPS) is 26.2. The molecule has 16 heavy (non-hydrogen) atoms. The number of hydrogen-bond donors (Lipinski definition) is 1. The number of nitrogens with zero attached hydrogens (tertiary/aromatic N) is 1. The van der Waals surface area contributed by atoms with E-state index < -0.39 is 0 Å². The molecular formula is C14H20N2. The summed E-state index contributed by atoms with van der Waals surface area (Å²) in [4.78, 5) is 2.59. The van der Waals surface area contributed by atoms with Gasteiger partial charge in [0.15, 0.2) is 0 Å². The van der Waals surface area contributed by atoms with Gasteiger partial charge in [-0.1, -0.05) is 24.3 Å². The Bertz CT molecular complexity index is 367. The SMILES string of the molecule is NC1CCN(CC2Cc3ccccc32)CC1. The lowest BCUT2D eigenvalue weighted by atomic mass is 9.77. The number of nitrogens with two attached hydrogens (primary N) is 1. The van der Waals surface area contributed by atoms with Crippen LogP contribution in [0.2, 0.25) is 0 Å². The molecule has 3 rings (SSSR count). The Hall–Kier alpha value is -0.860. The third-order valence-electron chi connectivity index (χ3n) is 4.07. The average molecular weight is 216 g/mol. The first kappa shape index (κ1) is 10.3. The predicted octanol–water partition coefficient (Wildman–Crippen LogP) is 1.75. The number of hydrogen-bond acceptors (Lipinski definition) is 2. The van der Waals surface area contributed by atoms with E-state index in [1.807, 2.05) is 0 Å². The van der Waals surface area contributed by atoms with Gasteiger partial charge in [0.2, 0.25) is 0 Å². The van der Waals surface area contributed by atoms with Gasteiger partial charge in [0.25, 0.3) is 0 Å². The second-order valence-electron chi connectivity index (χ2n) is 5.24. The number of fused-ring (bicyclic) bond motifs is 1. The highest BCUT2D eigenvalue weighted by molar-refractivity contribution is 5.40. The molecule has 1 saturated heterocycles. The van der Waals surface area contributed by atoms with Crippen LogP contribution in [0.4, 0.5) is 0 Å². The molecule has 0 radical (unpaired) electrons. The van der Waals surface area contributed by atoms with Gasteiger partial charge < -0.3 is 10.6 Å². The standard InChI is InChI=1S/C14H20N2/c15-13-5-7-16(8-6-13)10-12-9-11-3-1-2-4-14(11)12/h1-4,12-13H,5-10,15H2. The molecule has 0 bridgehead atoms. The second kappa shape index (κ2) is 4.19. The number of benzene rings is 1.